The molecule has 0 heterocycles. The first-order valence-corrected chi connectivity index (χ1v) is 5.83. The van der Waals surface area contributed by atoms with Crippen molar-refractivity contribution in [2.45, 2.75) is 0 Å². The molecule has 0 radical (unpaired) electrons. The third kappa shape index (κ3) is 2.92. The smallest absolute Gasteiger partial charge is 0.0640 e. The molecule has 88 valence electrons. The minimum absolute atomic E-state index is 0.725. The van der Waals surface area contributed by atoms with Gasteiger partial charge in [0.1, 0.15) is 0 Å². The Labute approximate surface area is 107 Å². The van der Waals surface area contributed by atoms with E-state index in [4.69, 9.17) is 11.6 Å². The van der Waals surface area contributed by atoms with Crippen molar-refractivity contribution < 1.29 is 0 Å². The highest BCUT2D eigenvalue weighted by Gasteiger charge is 2.01. The van der Waals surface area contributed by atoms with E-state index in [1.165, 1.54) is 0 Å². The second-order valence-electron chi connectivity index (χ2n) is 4.05. The van der Waals surface area contributed by atoms with Crippen LogP contribution in [-0.2, 0) is 0 Å². The second-order valence-corrected chi connectivity index (χ2v) is 4.46. The highest BCUT2D eigenvalue weighted by atomic mass is 35.5. The molecule has 2 rings (SSSR count). The number of para-hydroxylation sites is 1. The number of hydrogen-bond acceptors (Lipinski definition) is 2. The largest absolute Gasteiger partial charge is 0.378 e. The molecular formula is C14H15ClN2. The summed E-state index contributed by atoms with van der Waals surface area (Å²) in [6.07, 6.45) is 0. The Morgan fingerprint density at radius 2 is 1.76 bits per heavy atom. The van der Waals surface area contributed by atoms with Crippen LogP contribution < -0.4 is 10.2 Å². The summed E-state index contributed by atoms with van der Waals surface area (Å²) in [7, 11) is 4.04. The predicted molar refractivity (Wildman–Crippen MR) is 75.5 cm³/mol. The van der Waals surface area contributed by atoms with Crippen LogP contribution in [-0.4, -0.2) is 14.1 Å². The van der Waals surface area contributed by atoms with Gasteiger partial charge in [0.2, 0.25) is 0 Å². The van der Waals surface area contributed by atoms with Crippen molar-refractivity contribution >= 4 is 28.7 Å². The first-order valence-electron chi connectivity index (χ1n) is 5.46. The Morgan fingerprint density at radius 3 is 2.47 bits per heavy atom. The SMILES string of the molecule is CN(C)c1cccc(Nc2ccccc2Cl)c1. The summed E-state index contributed by atoms with van der Waals surface area (Å²) in [4.78, 5) is 2.07. The Hall–Kier alpha value is -1.67. The zero-order valence-corrected chi connectivity index (χ0v) is 10.7. The summed E-state index contributed by atoms with van der Waals surface area (Å²) >= 11 is 6.10. The highest BCUT2D eigenvalue weighted by Crippen LogP contribution is 2.26. The monoisotopic (exact) mass is 246 g/mol. The van der Waals surface area contributed by atoms with E-state index < -0.39 is 0 Å². The van der Waals surface area contributed by atoms with Gasteiger partial charge in [-0.2, -0.15) is 0 Å². The molecule has 0 saturated carbocycles. The molecule has 0 aliphatic rings. The van der Waals surface area contributed by atoms with Crippen molar-refractivity contribution in [1.82, 2.24) is 0 Å². The Morgan fingerprint density at radius 1 is 1.00 bits per heavy atom. The molecule has 2 aromatic carbocycles. The zero-order valence-electron chi connectivity index (χ0n) is 9.94. The third-order valence-corrected chi connectivity index (χ3v) is 2.85. The van der Waals surface area contributed by atoms with Gasteiger partial charge in [-0.1, -0.05) is 29.8 Å². The van der Waals surface area contributed by atoms with Gasteiger partial charge in [-0.3, -0.25) is 0 Å². The van der Waals surface area contributed by atoms with Crippen LogP contribution in [0, 0.1) is 0 Å². The van der Waals surface area contributed by atoms with Gasteiger partial charge in [0.05, 0.1) is 10.7 Å². The summed E-state index contributed by atoms with van der Waals surface area (Å²) in [5.74, 6) is 0. The second kappa shape index (κ2) is 5.11. The van der Waals surface area contributed by atoms with Crippen molar-refractivity contribution in [3.63, 3.8) is 0 Å². The summed E-state index contributed by atoms with van der Waals surface area (Å²) in [6, 6.07) is 15.9. The molecule has 0 saturated heterocycles. The quantitative estimate of drug-likeness (QED) is 0.875. The standard InChI is InChI=1S/C14H15ClN2/c1-17(2)12-7-5-6-11(10-12)16-14-9-4-3-8-13(14)15/h3-10,16H,1-2H3. The number of nitrogens with zero attached hydrogens (tertiary/aromatic N) is 1. The minimum atomic E-state index is 0.725. The summed E-state index contributed by atoms with van der Waals surface area (Å²) in [5.41, 5.74) is 3.11. The number of rotatable bonds is 3. The fraction of sp³-hybridized carbons (Fsp3) is 0.143. The first kappa shape index (κ1) is 11.8. The topological polar surface area (TPSA) is 15.3 Å². The molecule has 0 amide bonds. The fourth-order valence-corrected chi connectivity index (χ4v) is 1.76. The molecule has 0 spiro atoms. The summed E-state index contributed by atoms with van der Waals surface area (Å²) in [6.45, 7) is 0. The van der Waals surface area contributed by atoms with Crippen molar-refractivity contribution in [3.05, 3.63) is 53.6 Å². The van der Waals surface area contributed by atoms with Gasteiger partial charge >= 0.3 is 0 Å². The lowest BCUT2D eigenvalue weighted by Gasteiger charge is -2.14. The zero-order chi connectivity index (χ0) is 12.3. The van der Waals surface area contributed by atoms with Gasteiger partial charge in [-0.05, 0) is 30.3 Å². The van der Waals surface area contributed by atoms with Crippen molar-refractivity contribution in [2.24, 2.45) is 0 Å². The molecule has 0 unspecified atom stereocenters. The first-order chi connectivity index (χ1) is 8.16. The summed E-state index contributed by atoms with van der Waals surface area (Å²) < 4.78 is 0. The number of benzene rings is 2. The normalized spacial score (nSPS) is 10.1. The van der Waals surface area contributed by atoms with Crippen LogP contribution >= 0.6 is 11.6 Å². The number of hydrogen-bond donors (Lipinski definition) is 1. The van der Waals surface area contributed by atoms with Crippen LogP contribution in [0.25, 0.3) is 0 Å². The van der Waals surface area contributed by atoms with Gasteiger partial charge in [-0.25, -0.2) is 0 Å². The molecule has 0 fully saturated rings. The van der Waals surface area contributed by atoms with Crippen molar-refractivity contribution in [1.29, 1.82) is 0 Å². The van der Waals surface area contributed by atoms with Crippen LogP contribution in [0.2, 0.25) is 5.02 Å². The van der Waals surface area contributed by atoms with Crippen molar-refractivity contribution in [3.8, 4) is 0 Å². The lowest BCUT2D eigenvalue weighted by atomic mass is 10.2. The molecule has 0 aliphatic carbocycles. The maximum absolute atomic E-state index is 6.10. The van der Waals surface area contributed by atoms with Crippen LogP contribution in [0.15, 0.2) is 48.5 Å². The molecule has 0 aromatic heterocycles. The molecule has 1 N–H and O–H groups in total. The van der Waals surface area contributed by atoms with Crippen LogP contribution in [0.3, 0.4) is 0 Å². The molecule has 0 atom stereocenters. The van der Waals surface area contributed by atoms with Gasteiger partial charge in [0, 0.05) is 25.5 Å². The molecule has 0 bridgehead atoms. The van der Waals surface area contributed by atoms with Gasteiger partial charge in [0.15, 0.2) is 0 Å². The van der Waals surface area contributed by atoms with E-state index in [-0.39, 0.29) is 0 Å². The number of nitrogens with one attached hydrogen (secondary N) is 1. The average Bonchev–Trinajstić information content (AvgIpc) is 2.32. The maximum Gasteiger partial charge on any atom is 0.0640 e. The van der Waals surface area contributed by atoms with E-state index in [2.05, 4.69) is 22.3 Å². The fourth-order valence-electron chi connectivity index (χ4n) is 1.58. The Kier molecular flexibility index (Phi) is 3.55. The minimum Gasteiger partial charge on any atom is -0.378 e. The lowest BCUT2D eigenvalue weighted by molar-refractivity contribution is 1.13. The van der Waals surface area contributed by atoms with Gasteiger partial charge in [0.25, 0.3) is 0 Å². The number of halogens is 1. The van der Waals surface area contributed by atoms with Crippen LogP contribution in [0.5, 0.6) is 0 Å². The lowest BCUT2D eigenvalue weighted by Crippen LogP contribution is -2.08. The van der Waals surface area contributed by atoms with E-state index >= 15 is 0 Å². The highest BCUT2D eigenvalue weighted by molar-refractivity contribution is 6.33. The molecule has 0 aliphatic heterocycles. The molecule has 17 heavy (non-hydrogen) atoms. The van der Waals surface area contributed by atoms with E-state index in [0.717, 1.165) is 22.1 Å². The van der Waals surface area contributed by atoms with Crippen LogP contribution in [0.1, 0.15) is 0 Å². The molecule has 3 heteroatoms. The predicted octanol–water partition coefficient (Wildman–Crippen LogP) is 4.15. The summed E-state index contributed by atoms with van der Waals surface area (Å²) in [5, 5.41) is 4.03. The van der Waals surface area contributed by atoms with E-state index in [9.17, 15) is 0 Å². The molecular weight excluding hydrogens is 232 g/mol. The van der Waals surface area contributed by atoms with E-state index in [0.29, 0.717) is 0 Å². The van der Waals surface area contributed by atoms with E-state index in [1.54, 1.807) is 0 Å². The van der Waals surface area contributed by atoms with Gasteiger partial charge < -0.3 is 10.2 Å². The Bertz CT molecular complexity index is 509. The van der Waals surface area contributed by atoms with Gasteiger partial charge in [-0.15, -0.1) is 0 Å². The molecule has 2 aromatic rings. The van der Waals surface area contributed by atoms with Crippen LogP contribution in [0.4, 0.5) is 17.1 Å². The maximum atomic E-state index is 6.10. The van der Waals surface area contributed by atoms with Crippen molar-refractivity contribution in [2.75, 3.05) is 24.3 Å². The third-order valence-electron chi connectivity index (χ3n) is 2.52. The Balaban J connectivity index is 2.25. The number of anilines is 3. The molecule has 2 nitrogen and oxygen atoms in total. The average molecular weight is 247 g/mol. The van der Waals surface area contributed by atoms with E-state index in [1.807, 2.05) is 50.5 Å².